The van der Waals surface area contributed by atoms with E-state index in [2.05, 4.69) is 42.6 Å². The van der Waals surface area contributed by atoms with Crippen molar-refractivity contribution < 1.29 is 84.8 Å². The lowest BCUT2D eigenvalue weighted by molar-refractivity contribution is -0.185. The predicted molar refractivity (Wildman–Crippen MR) is 366 cm³/mol. The maximum absolute atomic E-state index is 12.6. The summed E-state index contributed by atoms with van der Waals surface area (Å²) in [5, 5.41) is 3.11. The van der Waals surface area contributed by atoms with Crippen molar-refractivity contribution >= 4 is 59.8 Å². The molecule has 13 atom stereocenters. The number of Topliss-reactive ketones (excluding diaryl/α,β-unsaturated/α-hetero) is 1. The monoisotopic (exact) mass is 1420 g/mol. The van der Waals surface area contributed by atoms with Gasteiger partial charge in [-0.1, -0.05) is 13.8 Å². The highest BCUT2D eigenvalue weighted by Gasteiger charge is 2.65. The number of esters is 1. The molecular formula is C72H119F3N10O15. The van der Waals surface area contributed by atoms with Gasteiger partial charge in [0.15, 0.2) is 0 Å². The molecule has 6 aliphatic heterocycles. The zero-order valence-corrected chi connectivity index (χ0v) is 62.9. The summed E-state index contributed by atoms with van der Waals surface area (Å²) < 4.78 is 61.9. The van der Waals surface area contributed by atoms with Gasteiger partial charge in [0.25, 0.3) is 0 Å². The molecule has 1 N–H and O–H groups in total. The van der Waals surface area contributed by atoms with E-state index in [1.807, 2.05) is 90.9 Å². The molecule has 6 heterocycles. The Hall–Kier alpha value is -6.19. The molecule has 12 rings (SSSR count). The Morgan fingerprint density at radius 3 is 1.13 bits per heavy atom. The summed E-state index contributed by atoms with van der Waals surface area (Å²) in [6.07, 6.45) is 0.149. The predicted octanol–water partition coefficient (Wildman–Crippen LogP) is 7.83. The normalized spacial score (nSPS) is 29.0. The van der Waals surface area contributed by atoms with Gasteiger partial charge in [0, 0.05) is 165 Å². The van der Waals surface area contributed by atoms with Crippen LogP contribution in [0, 0.1) is 81.8 Å². The third-order valence-electron chi connectivity index (χ3n) is 22.4. The van der Waals surface area contributed by atoms with Crippen LogP contribution in [0.4, 0.5) is 32.3 Å². The first kappa shape index (κ1) is 81.1. The number of fused-ring (bicyclic) bond motifs is 4. The molecule has 2 spiro atoms. The van der Waals surface area contributed by atoms with Gasteiger partial charge in [-0.3, -0.25) is 33.7 Å². The van der Waals surface area contributed by atoms with Crippen LogP contribution in [0.15, 0.2) is 0 Å². The Kier molecular flexibility index (Phi) is 27.2. The Morgan fingerprint density at radius 1 is 0.480 bits per heavy atom. The van der Waals surface area contributed by atoms with Crippen LogP contribution in [0.1, 0.15) is 142 Å². The van der Waals surface area contributed by atoms with E-state index in [1.165, 1.54) is 33.5 Å². The maximum Gasteiger partial charge on any atom is 0.471 e. The number of nitrogens with one attached hydrogen (secondary N) is 1. The second-order valence-electron chi connectivity index (χ2n) is 31.4. The number of piperidine rings is 4. The SMILES string of the molecule is CCN(CC)C(=O)C1[C@H]2CN(C(=O)C(F)(F)F)C[C@@H]12.CCN(CC)C(=O)C1[C@H]2CN(C(=O)OC(C)(C)C)C[C@@H]12.CCN(CC)C(=O)C1[C@H]2CN(C3CCC4(C3)CN(C(=O)OC)C4)C[C@@H]12.CCNCC.CCOC(=O)C1[C@H]2CN(C(=O)OC(C)(C)C)C[C@@H]12.COC(=O)N1CC2(CCC(=O)C2)C1. The van der Waals surface area contributed by atoms with Gasteiger partial charge in [0.2, 0.25) is 17.7 Å². The van der Waals surface area contributed by atoms with Gasteiger partial charge >= 0.3 is 42.4 Å². The third-order valence-corrected chi connectivity index (χ3v) is 22.4. The topological polar surface area (TPSA) is 258 Å². The van der Waals surface area contributed by atoms with Crippen molar-refractivity contribution in [2.45, 2.75) is 166 Å². The number of carbonyl (C=O) groups is 10. The molecule has 6 aliphatic carbocycles. The van der Waals surface area contributed by atoms with Gasteiger partial charge in [-0.05, 0) is 176 Å². The largest absolute Gasteiger partial charge is 0.471 e. The quantitative estimate of drug-likeness (QED) is 0.128. The number of likely N-dealkylation sites (tertiary alicyclic amines) is 6. The van der Waals surface area contributed by atoms with Crippen LogP contribution in [-0.4, -0.2) is 279 Å². The van der Waals surface area contributed by atoms with Crippen molar-refractivity contribution in [3.63, 3.8) is 0 Å². The van der Waals surface area contributed by atoms with Gasteiger partial charge in [0.05, 0.1) is 26.7 Å². The summed E-state index contributed by atoms with van der Waals surface area (Å²) >= 11 is 0. The van der Waals surface area contributed by atoms with E-state index in [1.54, 1.807) is 19.6 Å². The third kappa shape index (κ3) is 19.5. The number of alkyl halides is 3. The lowest BCUT2D eigenvalue weighted by atomic mass is 9.78. The van der Waals surface area contributed by atoms with E-state index in [4.69, 9.17) is 18.9 Å². The van der Waals surface area contributed by atoms with Crippen molar-refractivity contribution in [3.05, 3.63) is 0 Å². The number of ether oxygens (including phenoxy) is 5. The molecule has 568 valence electrons. The minimum Gasteiger partial charge on any atom is -0.466 e. The Balaban J connectivity index is 0.000000175. The number of carbonyl (C=O) groups excluding carboxylic acids is 10. The highest BCUT2D eigenvalue weighted by Crippen LogP contribution is 2.57. The summed E-state index contributed by atoms with van der Waals surface area (Å²) in [7, 11) is 2.84. The van der Waals surface area contributed by atoms with Crippen LogP contribution in [0.25, 0.3) is 0 Å². The van der Waals surface area contributed by atoms with E-state index in [0.29, 0.717) is 125 Å². The average molecular weight is 1420 g/mol. The molecule has 25 nitrogen and oxygen atoms in total. The van der Waals surface area contributed by atoms with Crippen LogP contribution in [0.5, 0.6) is 0 Å². The molecule has 0 bridgehead atoms. The first-order valence-corrected chi connectivity index (χ1v) is 37.0. The second kappa shape index (κ2) is 33.5. The maximum atomic E-state index is 12.6. The van der Waals surface area contributed by atoms with Gasteiger partial charge < -0.3 is 68.2 Å². The summed E-state index contributed by atoms with van der Waals surface area (Å²) in [5.74, 6) is 1.60. The minimum atomic E-state index is -4.81. The zero-order chi connectivity index (χ0) is 74.3. The van der Waals surface area contributed by atoms with Gasteiger partial charge in [-0.15, -0.1) is 0 Å². The summed E-state index contributed by atoms with van der Waals surface area (Å²) in [4.78, 5) is 133. The number of hydrogen-bond donors (Lipinski definition) is 1. The van der Waals surface area contributed by atoms with Gasteiger partial charge in [0.1, 0.15) is 17.0 Å². The molecule has 5 unspecified atom stereocenters. The number of amides is 8. The summed E-state index contributed by atoms with van der Waals surface area (Å²) in [5.41, 5.74) is -0.474. The molecular weight excluding hydrogens is 1300 g/mol. The van der Waals surface area contributed by atoms with Crippen LogP contribution in [-0.2, 0) is 52.5 Å². The fraction of sp³-hybridized carbons (Fsp3) is 0.861. The smallest absolute Gasteiger partial charge is 0.466 e. The minimum absolute atomic E-state index is 0.00337. The van der Waals surface area contributed by atoms with Crippen molar-refractivity contribution in [1.29, 1.82) is 0 Å². The molecule has 0 aromatic carbocycles. The lowest BCUT2D eigenvalue weighted by Crippen LogP contribution is -2.57. The Bertz CT molecular complexity index is 2840. The van der Waals surface area contributed by atoms with E-state index < -0.39 is 23.3 Å². The Labute approximate surface area is 591 Å². The number of halogens is 3. The molecule has 100 heavy (non-hydrogen) atoms. The summed E-state index contributed by atoms with van der Waals surface area (Å²) in [6, 6.07) is 0.650. The molecule has 0 aromatic heterocycles. The van der Waals surface area contributed by atoms with Crippen LogP contribution < -0.4 is 5.32 Å². The first-order valence-electron chi connectivity index (χ1n) is 37.0. The molecule has 12 aliphatic rings. The first-order chi connectivity index (χ1) is 47.0. The number of ketones is 1. The molecule has 0 aromatic rings. The van der Waals surface area contributed by atoms with E-state index in [-0.39, 0.29) is 102 Å². The molecule has 8 amide bonds. The average Bonchev–Trinajstić information content (AvgIpc) is 1.58. The molecule has 6 saturated carbocycles. The van der Waals surface area contributed by atoms with Crippen molar-refractivity contribution in [1.82, 2.24) is 49.4 Å². The van der Waals surface area contributed by atoms with E-state index in [0.717, 1.165) is 76.8 Å². The van der Waals surface area contributed by atoms with E-state index >= 15 is 0 Å². The summed E-state index contributed by atoms with van der Waals surface area (Å²) in [6.45, 7) is 44.1. The number of rotatable bonds is 14. The van der Waals surface area contributed by atoms with Gasteiger partial charge in [-0.2, -0.15) is 13.2 Å². The molecule has 0 radical (unpaired) electrons. The standard InChI is InChI=1S/C19H31N3O3.C15H26N2O3.C13H21NO4.C12H17F3N2O2.C9H13NO3.C4H11N/c1-4-20(5-2)17(23)16-14-9-21(10-15(14)16)13-6-7-19(8-13)11-22(12-19)18(24)25-3;1-6-16(7-2)13(18)12-10-8-17(9-11(10)12)14(19)20-15(3,4)5;1-5-17-11(15)10-8-6-14(7-9(8)10)12(16)18-13(2,3)4;1-3-16(4-2)10(18)9-7-5-17(6-8(7)9)11(19)12(13,14)15;1-13-8(12)10-5-9(6-10)3-2-7(11)4-9;1-3-5-4-2/h13-16H,4-12H2,1-3H3;10-12H,6-9H2,1-5H3;8-10H,5-7H2,1-4H3;7-9H,3-6H2,1-2H3;2-6H2,1H3;5H,3-4H2,1-2H3/t13?,14-,15+,16?;10-,11+,12?;8-,9+,10?;7-,8+,9?;;. The number of methoxy groups -OCH3 is 2. The Morgan fingerprint density at radius 2 is 0.830 bits per heavy atom. The van der Waals surface area contributed by atoms with Gasteiger partial charge in [-0.25, -0.2) is 19.2 Å². The van der Waals surface area contributed by atoms with Crippen LogP contribution in [0.3, 0.4) is 0 Å². The fourth-order valence-electron chi connectivity index (χ4n) is 17.0. The number of nitrogens with zero attached hydrogens (tertiary/aromatic N) is 9. The lowest BCUT2D eigenvalue weighted by Gasteiger charge is -2.47. The van der Waals surface area contributed by atoms with Crippen molar-refractivity contribution in [3.8, 4) is 0 Å². The second-order valence-corrected chi connectivity index (χ2v) is 31.4. The zero-order valence-electron chi connectivity index (χ0n) is 62.9. The van der Waals surface area contributed by atoms with Crippen molar-refractivity contribution in [2.24, 2.45) is 81.8 Å². The molecule has 6 saturated heterocycles. The molecule has 28 heteroatoms. The highest BCUT2D eigenvalue weighted by atomic mass is 19.4. The number of hydrogen-bond acceptors (Lipinski definition) is 17. The highest BCUT2D eigenvalue weighted by molar-refractivity contribution is 5.87. The van der Waals surface area contributed by atoms with Crippen molar-refractivity contribution in [2.75, 3.05) is 152 Å². The molecule has 12 fully saturated rings. The fourth-order valence-corrected chi connectivity index (χ4v) is 17.0. The van der Waals surface area contributed by atoms with Crippen LogP contribution >= 0.6 is 0 Å². The van der Waals surface area contributed by atoms with E-state index in [9.17, 15) is 61.1 Å². The van der Waals surface area contributed by atoms with Crippen LogP contribution in [0.2, 0.25) is 0 Å².